The van der Waals surface area contributed by atoms with Gasteiger partial charge < -0.3 is 5.32 Å². The van der Waals surface area contributed by atoms with Crippen molar-refractivity contribution in [2.24, 2.45) is 15.4 Å². The van der Waals surface area contributed by atoms with Gasteiger partial charge in [-0.05, 0) is 24.0 Å². The molecule has 1 fully saturated rings. The SMILES string of the molecule is CC(C)(C)CCN=C1C2=C(C(F)(F)F)NC(C(F)(F)F)=NC2NN1c1c(Cl)cc(C(F)(F)F)cc1Cl. The lowest BCUT2D eigenvalue weighted by molar-refractivity contribution is -0.137. The Labute approximate surface area is 209 Å². The molecule has 36 heavy (non-hydrogen) atoms. The van der Waals surface area contributed by atoms with E-state index in [1.54, 1.807) is 0 Å². The quantitative estimate of drug-likeness (QED) is 0.390. The van der Waals surface area contributed by atoms with Crippen molar-refractivity contribution >= 4 is 40.6 Å². The molecule has 0 saturated carbocycles. The summed E-state index contributed by atoms with van der Waals surface area (Å²) in [4.78, 5) is 7.45. The molecule has 3 rings (SSSR count). The second-order valence-electron chi connectivity index (χ2n) is 9.06. The van der Waals surface area contributed by atoms with Gasteiger partial charge in [0.25, 0.3) is 0 Å². The third-order valence-corrected chi connectivity index (χ3v) is 5.57. The Kier molecular flexibility index (Phi) is 7.32. The zero-order valence-corrected chi connectivity index (χ0v) is 20.2. The number of fused-ring (bicyclic) bond motifs is 1. The summed E-state index contributed by atoms with van der Waals surface area (Å²) in [5, 5.41) is 0.749. The summed E-state index contributed by atoms with van der Waals surface area (Å²) in [5.74, 6) is -2.46. The summed E-state index contributed by atoms with van der Waals surface area (Å²) in [6.07, 6.45) is -17.0. The first kappa shape index (κ1) is 28.4. The van der Waals surface area contributed by atoms with Gasteiger partial charge >= 0.3 is 18.5 Å². The molecule has 1 atom stereocenters. The largest absolute Gasteiger partial charge is 0.449 e. The molecule has 0 amide bonds. The molecule has 2 aliphatic rings. The van der Waals surface area contributed by atoms with Crippen LogP contribution in [0.3, 0.4) is 0 Å². The molecule has 200 valence electrons. The second-order valence-corrected chi connectivity index (χ2v) is 9.87. The van der Waals surface area contributed by atoms with Crippen LogP contribution < -0.4 is 15.8 Å². The number of hydrogen-bond donors (Lipinski definition) is 2. The lowest BCUT2D eigenvalue weighted by atomic mass is 9.92. The minimum atomic E-state index is -5.30. The van der Waals surface area contributed by atoms with Gasteiger partial charge in [0.2, 0.25) is 5.84 Å². The number of allylic oxidation sites excluding steroid dienone is 1. The minimum Gasteiger partial charge on any atom is -0.332 e. The van der Waals surface area contributed by atoms with Gasteiger partial charge in [-0.25, -0.2) is 4.99 Å². The Hall–Kier alpha value is -2.19. The van der Waals surface area contributed by atoms with Crippen LogP contribution in [0.25, 0.3) is 0 Å². The van der Waals surface area contributed by atoms with E-state index in [4.69, 9.17) is 23.2 Å². The molecule has 1 aromatic rings. The summed E-state index contributed by atoms with van der Waals surface area (Å²) >= 11 is 12.1. The molecule has 0 spiro atoms. The average molecular weight is 570 g/mol. The van der Waals surface area contributed by atoms with E-state index in [-0.39, 0.29) is 12.0 Å². The molecule has 1 saturated heterocycles. The number of amidine groups is 2. The van der Waals surface area contributed by atoms with Crippen LogP contribution in [0.15, 0.2) is 33.4 Å². The molecule has 2 aliphatic heterocycles. The summed E-state index contributed by atoms with van der Waals surface area (Å²) in [5.41, 5.74) is -2.25. The van der Waals surface area contributed by atoms with Crippen LogP contribution in [-0.4, -0.2) is 36.7 Å². The van der Waals surface area contributed by atoms with E-state index < -0.39 is 68.9 Å². The van der Waals surface area contributed by atoms with Crippen molar-refractivity contribution in [3.8, 4) is 0 Å². The van der Waals surface area contributed by atoms with Gasteiger partial charge in [-0.3, -0.25) is 10.0 Å². The van der Waals surface area contributed by atoms with Gasteiger partial charge in [0, 0.05) is 6.54 Å². The maximum absolute atomic E-state index is 13.9. The summed E-state index contributed by atoms with van der Waals surface area (Å²) in [6, 6.07) is 0.974. The topological polar surface area (TPSA) is 52.0 Å². The van der Waals surface area contributed by atoms with Crippen molar-refractivity contribution < 1.29 is 39.5 Å². The van der Waals surface area contributed by atoms with Gasteiger partial charge in [-0.15, -0.1) is 0 Å². The van der Waals surface area contributed by atoms with E-state index in [0.717, 1.165) is 5.01 Å². The number of hydrazine groups is 1. The first-order valence-corrected chi connectivity index (χ1v) is 10.9. The molecular formula is C20H18Cl2F9N5. The van der Waals surface area contributed by atoms with Gasteiger partial charge in [0.1, 0.15) is 11.9 Å². The number of halogens is 11. The van der Waals surface area contributed by atoms with E-state index in [9.17, 15) is 39.5 Å². The molecule has 0 radical (unpaired) electrons. The zero-order chi connectivity index (χ0) is 27.4. The number of rotatable bonds is 3. The molecule has 0 aliphatic carbocycles. The number of hydrogen-bond acceptors (Lipinski definition) is 4. The summed E-state index contributed by atoms with van der Waals surface area (Å²) in [6.45, 7) is 5.40. The van der Waals surface area contributed by atoms with Gasteiger partial charge in [0.05, 0.1) is 26.9 Å². The van der Waals surface area contributed by atoms with E-state index in [1.807, 2.05) is 20.8 Å². The standard InChI is InChI=1S/C20H18Cl2F9N5/c1-17(2,3)4-5-32-15-11-13(19(26,27)28)33-16(20(29,30)31)34-14(11)35-36(15)12-9(21)6-8(7-10(12)22)18(23,24)25/h6-7,14,35H,4-5H2,1-3H3,(H,33,34). The Bertz CT molecular complexity index is 1110. The lowest BCUT2D eigenvalue weighted by Gasteiger charge is -2.25. The Morgan fingerprint density at radius 1 is 0.917 bits per heavy atom. The highest BCUT2D eigenvalue weighted by atomic mass is 35.5. The number of benzene rings is 1. The monoisotopic (exact) mass is 569 g/mol. The summed E-state index contributed by atoms with van der Waals surface area (Å²) in [7, 11) is 0. The molecule has 0 aromatic heterocycles. The Morgan fingerprint density at radius 3 is 1.92 bits per heavy atom. The van der Waals surface area contributed by atoms with Crippen LogP contribution >= 0.6 is 23.2 Å². The predicted molar refractivity (Wildman–Crippen MR) is 117 cm³/mol. The molecular weight excluding hydrogens is 552 g/mol. The fourth-order valence-electron chi connectivity index (χ4n) is 3.31. The van der Waals surface area contributed by atoms with Crippen molar-refractivity contribution in [3.05, 3.63) is 39.0 Å². The number of aliphatic imine (C=N–C) groups is 2. The highest BCUT2D eigenvalue weighted by molar-refractivity contribution is 6.40. The minimum absolute atomic E-state index is 0.0793. The van der Waals surface area contributed by atoms with Crippen LogP contribution in [0.4, 0.5) is 45.2 Å². The van der Waals surface area contributed by atoms with Crippen LogP contribution in [0.2, 0.25) is 10.0 Å². The average Bonchev–Trinajstić information content (AvgIpc) is 3.01. The number of alkyl halides is 9. The summed E-state index contributed by atoms with van der Waals surface area (Å²) < 4.78 is 121. The van der Waals surface area contributed by atoms with Gasteiger partial charge in [0.15, 0.2) is 5.84 Å². The van der Waals surface area contributed by atoms with Crippen molar-refractivity contribution in [3.63, 3.8) is 0 Å². The maximum atomic E-state index is 13.9. The fraction of sp³-hybridized carbons (Fsp3) is 0.500. The number of anilines is 1. The Balaban J connectivity index is 2.23. The highest BCUT2D eigenvalue weighted by Crippen LogP contribution is 2.43. The van der Waals surface area contributed by atoms with E-state index in [0.29, 0.717) is 18.6 Å². The van der Waals surface area contributed by atoms with Crippen LogP contribution in [0, 0.1) is 5.41 Å². The molecule has 16 heteroatoms. The lowest BCUT2D eigenvalue weighted by Crippen LogP contribution is -2.47. The van der Waals surface area contributed by atoms with E-state index in [2.05, 4.69) is 15.4 Å². The zero-order valence-electron chi connectivity index (χ0n) is 18.6. The van der Waals surface area contributed by atoms with Gasteiger partial charge in [-0.1, -0.05) is 44.0 Å². The van der Waals surface area contributed by atoms with Crippen LogP contribution in [-0.2, 0) is 6.18 Å². The normalized spacial score (nSPS) is 20.6. The highest BCUT2D eigenvalue weighted by Gasteiger charge is 2.52. The smallest absolute Gasteiger partial charge is 0.332 e. The first-order chi connectivity index (χ1) is 16.2. The Morgan fingerprint density at radius 2 is 1.47 bits per heavy atom. The second kappa shape index (κ2) is 9.28. The van der Waals surface area contributed by atoms with Crippen LogP contribution in [0.1, 0.15) is 32.8 Å². The third kappa shape index (κ3) is 6.02. The maximum Gasteiger partial charge on any atom is 0.449 e. The van der Waals surface area contributed by atoms with E-state index >= 15 is 0 Å². The number of nitrogens with one attached hydrogen (secondary N) is 2. The van der Waals surface area contributed by atoms with Crippen LogP contribution in [0.5, 0.6) is 0 Å². The van der Waals surface area contributed by atoms with Crippen molar-refractivity contribution in [1.82, 2.24) is 10.7 Å². The molecule has 0 bridgehead atoms. The van der Waals surface area contributed by atoms with Crippen molar-refractivity contribution in [2.75, 3.05) is 11.6 Å². The molecule has 1 aromatic carbocycles. The number of nitrogens with zero attached hydrogens (tertiary/aromatic N) is 3. The molecule has 2 heterocycles. The van der Waals surface area contributed by atoms with E-state index in [1.165, 1.54) is 5.32 Å². The first-order valence-electron chi connectivity index (χ1n) is 10.1. The molecule has 5 nitrogen and oxygen atoms in total. The van der Waals surface area contributed by atoms with Crippen molar-refractivity contribution in [1.29, 1.82) is 0 Å². The molecule has 1 unspecified atom stereocenters. The third-order valence-electron chi connectivity index (χ3n) is 4.99. The predicted octanol–water partition coefficient (Wildman–Crippen LogP) is 6.88. The van der Waals surface area contributed by atoms with Gasteiger partial charge in [-0.2, -0.15) is 44.9 Å². The van der Waals surface area contributed by atoms with Crippen molar-refractivity contribution in [2.45, 2.75) is 51.9 Å². The molecule has 2 N–H and O–H groups in total. The fourth-order valence-corrected chi connectivity index (χ4v) is 3.97.